The summed E-state index contributed by atoms with van der Waals surface area (Å²) in [5.41, 5.74) is 7.65. The second-order valence-electron chi connectivity index (χ2n) is 5.90. The van der Waals surface area contributed by atoms with Gasteiger partial charge in [0.25, 0.3) is 0 Å². The van der Waals surface area contributed by atoms with E-state index in [2.05, 4.69) is 90.5 Å². The van der Waals surface area contributed by atoms with Gasteiger partial charge in [0.2, 0.25) is 0 Å². The number of aliphatic imine (C=N–C) groups is 1. The number of thiocarbonyl (C=S) groups is 1. The molecule has 3 aromatic carbocycles. The van der Waals surface area contributed by atoms with E-state index >= 15 is 0 Å². The van der Waals surface area contributed by atoms with Crippen molar-refractivity contribution < 1.29 is 0 Å². The molecular formula is C23H17NS. The van der Waals surface area contributed by atoms with E-state index in [1.165, 1.54) is 11.1 Å². The molecule has 25 heavy (non-hydrogen) atoms. The van der Waals surface area contributed by atoms with E-state index in [0.717, 1.165) is 27.9 Å². The third-order valence-electron chi connectivity index (χ3n) is 3.98. The van der Waals surface area contributed by atoms with Crippen LogP contribution in [0, 0.1) is 25.7 Å². The summed E-state index contributed by atoms with van der Waals surface area (Å²) in [7, 11) is 0. The smallest absolute Gasteiger partial charge is 0.0739 e. The van der Waals surface area contributed by atoms with Gasteiger partial charge in [-0.15, -0.1) is 0 Å². The monoisotopic (exact) mass is 339 g/mol. The Hall–Kier alpha value is -2.98. The van der Waals surface area contributed by atoms with E-state index in [-0.39, 0.29) is 0 Å². The van der Waals surface area contributed by atoms with Crippen molar-refractivity contribution in [3.05, 3.63) is 89.0 Å². The highest BCUT2D eigenvalue weighted by molar-refractivity contribution is 7.78. The molecule has 0 atom stereocenters. The molecule has 3 aromatic rings. The Morgan fingerprint density at radius 1 is 0.760 bits per heavy atom. The molecular weight excluding hydrogens is 322 g/mol. The Morgan fingerprint density at radius 2 is 1.40 bits per heavy atom. The molecule has 0 aliphatic rings. The van der Waals surface area contributed by atoms with Gasteiger partial charge in [0.05, 0.1) is 10.8 Å². The van der Waals surface area contributed by atoms with Crippen molar-refractivity contribution in [2.24, 2.45) is 4.99 Å². The molecule has 2 heteroatoms. The van der Waals surface area contributed by atoms with Gasteiger partial charge in [-0.1, -0.05) is 53.8 Å². The van der Waals surface area contributed by atoms with Crippen LogP contribution in [-0.4, -0.2) is 5.16 Å². The van der Waals surface area contributed by atoms with Gasteiger partial charge in [0.15, 0.2) is 0 Å². The lowest BCUT2D eigenvalue weighted by Gasteiger charge is -2.02. The number of nitrogens with zero attached hydrogens (tertiary/aromatic N) is 1. The van der Waals surface area contributed by atoms with Gasteiger partial charge in [-0.3, -0.25) is 0 Å². The first kappa shape index (κ1) is 16.9. The first-order valence-corrected chi connectivity index (χ1v) is 8.44. The van der Waals surface area contributed by atoms with Crippen LogP contribution < -0.4 is 0 Å². The van der Waals surface area contributed by atoms with Crippen LogP contribution in [-0.2, 0) is 0 Å². The van der Waals surface area contributed by atoms with Gasteiger partial charge in [-0.25, -0.2) is 0 Å². The summed E-state index contributed by atoms with van der Waals surface area (Å²) in [6, 6.07) is 22.5. The Morgan fingerprint density at radius 3 is 2.00 bits per heavy atom. The summed E-state index contributed by atoms with van der Waals surface area (Å²) in [4.78, 5) is 3.97. The molecule has 0 unspecified atom stereocenters. The summed E-state index contributed by atoms with van der Waals surface area (Å²) in [6.07, 6.45) is 0. The molecule has 0 fully saturated rings. The Kier molecular flexibility index (Phi) is 5.21. The number of aryl methyl sites for hydroxylation is 2. The minimum absolute atomic E-state index is 0.815. The van der Waals surface area contributed by atoms with Crippen molar-refractivity contribution in [3.63, 3.8) is 0 Å². The SMILES string of the molecule is Cc1ccc(C#Cc2ccc(-c3ccc(N=C=S)cc3)cc2)c(C)c1. The van der Waals surface area contributed by atoms with E-state index in [9.17, 15) is 0 Å². The molecule has 0 aliphatic heterocycles. The van der Waals surface area contributed by atoms with E-state index in [4.69, 9.17) is 0 Å². The van der Waals surface area contributed by atoms with Crippen LogP contribution in [0.15, 0.2) is 71.7 Å². The van der Waals surface area contributed by atoms with Crippen molar-refractivity contribution in [2.75, 3.05) is 0 Å². The van der Waals surface area contributed by atoms with Gasteiger partial charge in [0, 0.05) is 11.1 Å². The second-order valence-corrected chi connectivity index (χ2v) is 6.08. The normalized spacial score (nSPS) is 9.68. The molecule has 0 radical (unpaired) electrons. The minimum Gasteiger partial charge on any atom is -0.195 e. The predicted molar refractivity (Wildman–Crippen MR) is 108 cm³/mol. The maximum Gasteiger partial charge on any atom is 0.0739 e. The number of isothiocyanates is 1. The minimum atomic E-state index is 0.815. The van der Waals surface area contributed by atoms with Crippen LogP contribution >= 0.6 is 12.2 Å². The molecule has 0 saturated heterocycles. The average molecular weight is 339 g/mol. The first-order chi connectivity index (χ1) is 12.2. The maximum absolute atomic E-state index is 4.62. The van der Waals surface area contributed by atoms with Crippen LogP contribution in [0.3, 0.4) is 0 Å². The summed E-state index contributed by atoms with van der Waals surface area (Å²) in [5.74, 6) is 6.50. The van der Waals surface area contributed by atoms with Gasteiger partial charge in [-0.05, 0) is 73.1 Å². The molecule has 0 heterocycles. The number of hydrogen-bond donors (Lipinski definition) is 0. The fourth-order valence-corrected chi connectivity index (χ4v) is 2.73. The molecule has 0 amide bonds. The molecule has 0 bridgehead atoms. The van der Waals surface area contributed by atoms with E-state index in [1.807, 2.05) is 24.3 Å². The van der Waals surface area contributed by atoms with Gasteiger partial charge >= 0.3 is 0 Å². The molecule has 3 rings (SSSR count). The zero-order valence-corrected chi connectivity index (χ0v) is 15.0. The predicted octanol–water partition coefficient (Wildman–Crippen LogP) is 6.10. The highest BCUT2D eigenvalue weighted by Gasteiger charge is 1.98. The fourth-order valence-electron chi connectivity index (χ4n) is 2.62. The third kappa shape index (κ3) is 4.31. The Bertz CT molecular complexity index is 997. The summed E-state index contributed by atoms with van der Waals surface area (Å²) < 4.78 is 0. The van der Waals surface area contributed by atoms with Crippen LogP contribution in [0.1, 0.15) is 22.3 Å². The van der Waals surface area contributed by atoms with Crippen LogP contribution in [0.5, 0.6) is 0 Å². The maximum atomic E-state index is 4.62. The van der Waals surface area contributed by atoms with Crippen molar-refractivity contribution in [3.8, 4) is 23.0 Å². The van der Waals surface area contributed by atoms with E-state index in [0.29, 0.717) is 0 Å². The lowest BCUT2D eigenvalue weighted by molar-refractivity contribution is 1.36. The average Bonchev–Trinajstić information content (AvgIpc) is 2.62. The second kappa shape index (κ2) is 7.73. The quantitative estimate of drug-likeness (QED) is 0.312. The van der Waals surface area contributed by atoms with Crippen LogP contribution in [0.2, 0.25) is 0 Å². The third-order valence-corrected chi connectivity index (χ3v) is 4.07. The molecule has 0 aliphatic carbocycles. The van der Waals surface area contributed by atoms with E-state index < -0.39 is 0 Å². The molecule has 1 nitrogen and oxygen atoms in total. The van der Waals surface area contributed by atoms with Crippen molar-refractivity contribution in [2.45, 2.75) is 13.8 Å². The van der Waals surface area contributed by atoms with Crippen molar-refractivity contribution >= 4 is 23.1 Å². The highest BCUT2D eigenvalue weighted by Crippen LogP contribution is 2.22. The number of rotatable bonds is 2. The van der Waals surface area contributed by atoms with Gasteiger partial charge < -0.3 is 0 Å². The zero-order chi connectivity index (χ0) is 17.6. The zero-order valence-electron chi connectivity index (χ0n) is 14.2. The van der Waals surface area contributed by atoms with Crippen molar-refractivity contribution in [1.29, 1.82) is 0 Å². The van der Waals surface area contributed by atoms with Gasteiger partial charge in [-0.2, -0.15) is 4.99 Å². The highest BCUT2D eigenvalue weighted by atomic mass is 32.1. The lowest BCUT2D eigenvalue weighted by Crippen LogP contribution is -1.84. The Balaban J connectivity index is 1.81. The van der Waals surface area contributed by atoms with Gasteiger partial charge in [0.1, 0.15) is 0 Å². The van der Waals surface area contributed by atoms with Crippen molar-refractivity contribution in [1.82, 2.24) is 0 Å². The summed E-state index contributed by atoms with van der Waals surface area (Å²) in [5, 5.41) is 2.38. The van der Waals surface area contributed by atoms with Crippen LogP contribution in [0.4, 0.5) is 5.69 Å². The molecule has 0 spiro atoms. The summed E-state index contributed by atoms with van der Waals surface area (Å²) in [6.45, 7) is 4.19. The molecule has 0 N–H and O–H groups in total. The fraction of sp³-hybridized carbons (Fsp3) is 0.0870. The molecule has 0 saturated carbocycles. The number of benzene rings is 3. The largest absolute Gasteiger partial charge is 0.195 e. The van der Waals surface area contributed by atoms with E-state index in [1.54, 1.807) is 0 Å². The molecule has 0 aromatic heterocycles. The standard InChI is InChI=1S/C23H17NS/c1-17-3-7-20(18(2)15-17)8-4-19-5-9-21(10-6-19)22-11-13-23(14-12-22)24-16-25/h3,5-7,9-15H,1-2H3. The topological polar surface area (TPSA) is 12.4 Å². The first-order valence-electron chi connectivity index (χ1n) is 8.03. The van der Waals surface area contributed by atoms with Crippen LogP contribution in [0.25, 0.3) is 11.1 Å². The lowest BCUT2D eigenvalue weighted by atomic mass is 10.0. The molecule has 120 valence electrons. The number of hydrogen-bond acceptors (Lipinski definition) is 2. The Labute approximate surface area is 154 Å². The summed E-state index contributed by atoms with van der Waals surface area (Å²) >= 11 is 4.62.